The average Bonchev–Trinajstić information content (AvgIpc) is 3.28. The minimum atomic E-state index is -0.685. The number of nitrogens with two attached hydrogens (primary N) is 1. The fourth-order valence-electron chi connectivity index (χ4n) is 2.95. The Kier molecular flexibility index (Phi) is 3.98. The van der Waals surface area contributed by atoms with E-state index in [4.69, 9.17) is 14.9 Å². The molecule has 0 unspecified atom stereocenters. The number of carbonyl (C=O) groups excluding carboxylic acids is 1. The molecule has 0 atom stereocenters. The number of nitrogens with zero attached hydrogens (tertiary/aromatic N) is 3. The molecule has 2 heterocycles. The lowest BCUT2D eigenvalue weighted by molar-refractivity contribution is 0.0593. The summed E-state index contributed by atoms with van der Waals surface area (Å²) >= 11 is 0. The van der Waals surface area contributed by atoms with Gasteiger partial charge in [-0.25, -0.2) is 9.78 Å². The zero-order valence-electron chi connectivity index (χ0n) is 14.7. The highest BCUT2D eigenvalue weighted by atomic mass is 16.5. The van der Waals surface area contributed by atoms with Crippen LogP contribution in [0.15, 0.2) is 53.1 Å². The zero-order valence-corrected chi connectivity index (χ0v) is 14.7. The lowest BCUT2D eigenvalue weighted by atomic mass is 10.1. The number of benzene rings is 2. The highest BCUT2D eigenvalue weighted by Gasteiger charge is 2.23. The molecule has 2 aromatic carbocycles. The Balaban J connectivity index is 1.91. The average molecular weight is 374 g/mol. The number of fused-ring (bicyclic) bond motifs is 1. The number of aromatic hydroxyl groups is 1. The minimum absolute atomic E-state index is 0.0193. The first-order valence-electron chi connectivity index (χ1n) is 8.22. The van der Waals surface area contributed by atoms with E-state index >= 15 is 0 Å². The van der Waals surface area contributed by atoms with Crippen LogP contribution in [0.2, 0.25) is 0 Å². The molecular weight excluding hydrogens is 360 g/mol. The Hall–Kier alpha value is -4.25. The third-order valence-electron chi connectivity index (χ3n) is 4.33. The quantitative estimate of drug-likeness (QED) is 0.527. The molecule has 4 aromatic rings. The summed E-state index contributed by atoms with van der Waals surface area (Å²) in [4.78, 5) is 16.6. The van der Waals surface area contributed by atoms with Gasteiger partial charge in [0.15, 0.2) is 11.3 Å². The SMILES string of the molecule is COC(=O)c1c(N)c(C#N)cn1-c1ccc(O)c(-c2nc3ccccc3o2)c1. The van der Waals surface area contributed by atoms with Crippen molar-refractivity contribution in [3.05, 3.63) is 59.9 Å². The van der Waals surface area contributed by atoms with Gasteiger partial charge in [-0.15, -0.1) is 0 Å². The molecule has 0 fully saturated rings. The van der Waals surface area contributed by atoms with E-state index in [2.05, 4.69) is 4.98 Å². The van der Waals surface area contributed by atoms with Crippen LogP contribution in [-0.4, -0.2) is 27.7 Å². The van der Waals surface area contributed by atoms with Crippen LogP contribution in [0.3, 0.4) is 0 Å². The summed E-state index contributed by atoms with van der Waals surface area (Å²) in [5.41, 5.74) is 8.14. The van der Waals surface area contributed by atoms with Crippen LogP contribution in [0.4, 0.5) is 5.69 Å². The van der Waals surface area contributed by atoms with Crippen LogP contribution in [0, 0.1) is 11.3 Å². The second-order valence-corrected chi connectivity index (χ2v) is 5.97. The van der Waals surface area contributed by atoms with Crippen LogP contribution in [-0.2, 0) is 4.74 Å². The topological polar surface area (TPSA) is 127 Å². The molecule has 0 aliphatic rings. The first-order valence-corrected chi connectivity index (χ1v) is 8.22. The lowest BCUT2D eigenvalue weighted by Crippen LogP contribution is -2.11. The second-order valence-electron chi connectivity index (χ2n) is 5.97. The number of hydrogen-bond acceptors (Lipinski definition) is 7. The van der Waals surface area contributed by atoms with Crippen molar-refractivity contribution in [2.45, 2.75) is 0 Å². The predicted molar refractivity (Wildman–Crippen MR) is 101 cm³/mol. The van der Waals surface area contributed by atoms with Crippen molar-refractivity contribution in [2.24, 2.45) is 0 Å². The van der Waals surface area contributed by atoms with E-state index in [1.807, 2.05) is 18.2 Å². The summed E-state index contributed by atoms with van der Waals surface area (Å²) in [5.74, 6) is -0.508. The number of anilines is 1. The molecule has 28 heavy (non-hydrogen) atoms. The van der Waals surface area contributed by atoms with E-state index in [-0.39, 0.29) is 28.6 Å². The number of nitrogen functional groups attached to an aromatic ring is 1. The molecule has 3 N–H and O–H groups in total. The number of hydrogen-bond donors (Lipinski definition) is 2. The smallest absolute Gasteiger partial charge is 0.357 e. The maximum atomic E-state index is 12.2. The van der Waals surface area contributed by atoms with E-state index in [0.717, 1.165) is 0 Å². The van der Waals surface area contributed by atoms with Gasteiger partial charge in [-0.2, -0.15) is 5.26 Å². The number of phenols is 1. The number of oxazole rings is 1. The van der Waals surface area contributed by atoms with E-state index in [0.29, 0.717) is 22.4 Å². The Labute approximate surface area is 159 Å². The highest BCUT2D eigenvalue weighted by molar-refractivity contribution is 5.96. The Bertz CT molecular complexity index is 1230. The van der Waals surface area contributed by atoms with Gasteiger partial charge >= 0.3 is 5.97 Å². The van der Waals surface area contributed by atoms with Gasteiger partial charge in [0, 0.05) is 11.9 Å². The monoisotopic (exact) mass is 374 g/mol. The number of carbonyl (C=O) groups is 1. The van der Waals surface area contributed by atoms with Gasteiger partial charge in [0.05, 0.1) is 23.9 Å². The van der Waals surface area contributed by atoms with Gasteiger partial charge in [0.2, 0.25) is 5.89 Å². The Morgan fingerprint density at radius 2 is 2.11 bits per heavy atom. The van der Waals surface area contributed by atoms with Crippen LogP contribution in [0.25, 0.3) is 28.2 Å². The fourth-order valence-corrected chi connectivity index (χ4v) is 2.95. The predicted octanol–water partition coefficient (Wildman–Crippen LogP) is 3.23. The number of rotatable bonds is 3. The second kappa shape index (κ2) is 6.48. The first-order chi connectivity index (χ1) is 13.5. The Morgan fingerprint density at radius 1 is 1.32 bits per heavy atom. The molecular formula is C20H14N4O4. The lowest BCUT2D eigenvalue weighted by Gasteiger charge is -2.10. The first kappa shape index (κ1) is 17.2. The molecule has 138 valence electrons. The van der Waals surface area contributed by atoms with Crippen molar-refractivity contribution in [1.29, 1.82) is 5.26 Å². The molecule has 0 radical (unpaired) electrons. The number of phenolic OH excluding ortho intramolecular Hbond substituents is 1. The third kappa shape index (κ3) is 2.62. The van der Waals surface area contributed by atoms with Gasteiger partial charge in [0.1, 0.15) is 17.3 Å². The van der Waals surface area contributed by atoms with Crippen molar-refractivity contribution < 1.29 is 19.1 Å². The standard InChI is InChI=1S/C20H14N4O4/c1-27-20(26)18-17(22)11(9-21)10-24(18)12-6-7-15(25)13(8-12)19-23-14-4-2-3-5-16(14)28-19/h2-8,10,25H,22H2,1H3. The summed E-state index contributed by atoms with van der Waals surface area (Å²) in [7, 11) is 1.23. The van der Waals surface area contributed by atoms with Crippen molar-refractivity contribution in [3.8, 4) is 29.0 Å². The molecule has 2 aromatic heterocycles. The van der Waals surface area contributed by atoms with Gasteiger partial charge in [-0.1, -0.05) is 12.1 Å². The van der Waals surface area contributed by atoms with Crippen molar-refractivity contribution in [1.82, 2.24) is 9.55 Å². The maximum Gasteiger partial charge on any atom is 0.357 e. The fraction of sp³-hybridized carbons (Fsp3) is 0.0500. The number of nitriles is 1. The van der Waals surface area contributed by atoms with E-state index < -0.39 is 5.97 Å². The van der Waals surface area contributed by atoms with Crippen molar-refractivity contribution >= 4 is 22.8 Å². The van der Waals surface area contributed by atoms with Crippen molar-refractivity contribution in [3.63, 3.8) is 0 Å². The van der Waals surface area contributed by atoms with E-state index in [9.17, 15) is 15.2 Å². The maximum absolute atomic E-state index is 12.2. The normalized spacial score (nSPS) is 10.7. The summed E-state index contributed by atoms with van der Waals surface area (Å²) in [6, 6.07) is 13.8. The molecule has 4 rings (SSSR count). The molecule has 0 amide bonds. The van der Waals surface area contributed by atoms with Crippen LogP contribution >= 0.6 is 0 Å². The number of methoxy groups -OCH3 is 1. The molecule has 0 saturated carbocycles. The molecule has 0 spiro atoms. The van der Waals surface area contributed by atoms with Gasteiger partial charge in [-0.05, 0) is 30.3 Å². The van der Waals surface area contributed by atoms with Crippen LogP contribution in [0.1, 0.15) is 16.1 Å². The molecule has 0 aliphatic carbocycles. The van der Waals surface area contributed by atoms with E-state index in [1.165, 1.54) is 23.9 Å². The number of ether oxygens (including phenoxy) is 1. The molecule has 0 bridgehead atoms. The van der Waals surface area contributed by atoms with Crippen LogP contribution in [0.5, 0.6) is 5.75 Å². The van der Waals surface area contributed by atoms with Crippen molar-refractivity contribution in [2.75, 3.05) is 12.8 Å². The number of esters is 1. The van der Waals surface area contributed by atoms with Gasteiger partial charge in [-0.3, -0.25) is 0 Å². The largest absolute Gasteiger partial charge is 0.507 e. The minimum Gasteiger partial charge on any atom is -0.507 e. The molecule has 8 nitrogen and oxygen atoms in total. The zero-order chi connectivity index (χ0) is 19.8. The number of aromatic nitrogens is 2. The Morgan fingerprint density at radius 3 is 2.82 bits per heavy atom. The molecule has 0 aliphatic heterocycles. The van der Waals surface area contributed by atoms with Crippen LogP contribution < -0.4 is 5.73 Å². The summed E-state index contributed by atoms with van der Waals surface area (Å²) in [6.45, 7) is 0. The van der Waals surface area contributed by atoms with Gasteiger partial charge < -0.3 is 24.6 Å². The van der Waals surface area contributed by atoms with E-state index in [1.54, 1.807) is 24.3 Å². The number of para-hydroxylation sites is 2. The molecule has 0 saturated heterocycles. The summed E-state index contributed by atoms with van der Waals surface area (Å²) in [5, 5.41) is 19.6. The summed E-state index contributed by atoms with van der Waals surface area (Å²) < 4.78 is 11.9. The third-order valence-corrected chi connectivity index (χ3v) is 4.33. The molecule has 8 heteroatoms. The van der Waals surface area contributed by atoms with Gasteiger partial charge in [0.25, 0.3) is 0 Å². The summed E-state index contributed by atoms with van der Waals surface area (Å²) in [6.07, 6.45) is 1.43. The highest BCUT2D eigenvalue weighted by Crippen LogP contribution is 2.34.